The normalized spacial score (nSPS) is 11.4. The molecule has 0 saturated heterocycles. The zero-order chi connectivity index (χ0) is 12.7. The van der Waals surface area contributed by atoms with Crippen molar-refractivity contribution in [3.63, 3.8) is 0 Å². The molecule has 0 fully saturated rings. The number of benzene rings is 1. The van der Waals surface area contributed by atoms with Crippen molar-refractivity contribution in [3.05, 3.63) is 35.4 Å². The maximum absolute atomic E-state index is 8.87. The molecule has 0 bridgehead atoms. The van der Waals surface area contributed by atoms with Crippen LogP contribution in [0.2, 0.25) is 0 Å². The molecule has 0 atom stereocenters. The van der Waals surface area contributed by atoms with E-state index in [-0.39, 0.29) is 6.10 Å². The van der Waals surface area contributed by atoms with Crippen LogP contribution in [-0.4, -0.2) is 19.8 Å². The Bertz CT molecular complexity index is 413. The first-order valence-electron chi connectivity index (χ1n) is 5.52. The van der Waals surface area contributed by atoms with Crippen LogP contribution in [0.1, 0.15) is 19.4 Å². The molecule has 1 aromatic rings. The van der Waals surface area contributed by atoms with Gasteiger partial charge in [0.2, 0.25) is 0 Å². The van der Waals surface area contributed by atoms with Crippen molar-refractivity contribution in [1.82, 2.24) is 0 Å². The Balaban J connectivity index is 2.77. The van der Waals surface area contributed by atoms with Gasteiger partial charge in [-0.15, -0.1) is 0 Å². The van der Waals surface area contributed by atoms with E-state index in [1.165, 1.54) is 0 Å². The highest BCUT2D eigenvalue weighted by atomic mass is 16.5. The summed E-state index contributed by atoms with van der Waals surface area (Å²) >= 11 is 0. The van der Waals surface area contributed by atoms with Crippen LogP contribution >= 0.6 is 0 Å². The number of nitrogens with zero attached hydrogens (tertiary/aromatic N) is 1. The minimum absolute atomic E-state index is 0.166. The van der Waals surface area contributed by atoms with Gasteiger partial charge in [0.25, 0.3) is 0 Å². The summed E-state index contributed by atoms with van der Waals surface area (Å²) in [5.74, 6) is 0.836. The van der Waals surface area contributed by atoms with E-state index in [1.807, 2.05) is 44.2 Å². The van der Waals surface area contributed by atoms with Crippen molar-refractivity contribution < 1.29 is 9.47 Å². The van der Waals surface area contributed by atoms with Gasteiger partial charge in [0.15, 0.2) is 0 Å². The van der Waals surface area contributed by atoms with E-state index in [4.69, 9.17) is 14.7 Å². The third-order valence-electron chi connectivity index (χ3n) is 2.04. The lowest BCUT2D eigenvalue weighted by molar-refractivity contribution is 0.229. The first-order chi connectivity index (χ1) is 8.15. The van der Waals surface area contributed by atoms with Gasteiger partial charge in [-0.25, -0.2) is 0 Å². The van der Waals surface area contributed by atoms with Crippen molar-refractivity contribution in [1.29, 1.82) is 5.26 Å². The summed E-state index contributed by atoms with van der Waals surface area (Å²) in [6.45, 7) is 4.31. The van der Waals surface area contributed by atoms with Gasteiger partial charge in [-0.3, -0.25) is 0 Å². The molecule has 90 valence electrons. The van der Waals surface area contributed by atoms with Crippen molar-refractivity contribution in [2.45, 2.75) is 20.0 Å². The van der Waals surface area contributed by atoms with Crippen molar-refractivity contribution >= 4 is 6.08 Å². The molecule has 0 unspecified atom stereocenters. The maximum atomic E-state index is 8.87. The molecule has 0 N–H and O–H groups in total. The largest absolute Gasteiger partial charge is 0.491 e. The SMILES string of the molecule is COC/C(C#N)=C/c1ccc(OC(C)C)cc1. The van der Waals surface area contributed by atoms with Gasteiger partial charge in [0.05, 0.1) is 24.4 Å². The highest BCUT2D eigenvalue weighted by Crippen LogP contribution is 2.15. The van der Waals surface area contributed by atoms with Gasteiger partial charge in [-0.2, -0.15) is 5.26 Å². The molecule has 0 aliphatic heterocycles. The monoisotopic (exact) mass is 231 g/mol. The average molecular weight is 231 g/mol. The highest BCUT2D eigenvalue weighted by molar-refractivity contribution is 5.57. The molecule has 0 spiro atoms. The molecule has 1 rings (SSSR count). The van der Waals surface area contributed by atoms with Crippen LogP contribution in [-0.2, 0) is 4.74 Å². The molecular weight excluding hydrogens is 214 g/mol. The molecule has 0 aliphatic rings. The number of methoxy groups -OCH3 is 1. The van der Waals surface area contributed by atoms with E-state index in [0.717, 1.165) is 11.3 Å². The zero-order valence-electron chi connectivity index (χ0n) is 10.4. The van der Waals surface area contributed by atoms with E-state index in [1.54, 1.807) is 7.11 Å². The predicted octanol–water partition coefficient (Wildman–Crippen LogP) is 3.03. The fraction of sp³-hybridized carbons (Fsp3) is 0.357. The Morgan fingerprint density at radius 2 is 2.00 bits per heavy atom. The summed E-state index contributed by atoms with van der Waals surface area (Å²) in [6, 6.07) is 9.74. The zero-order valence-corrected chi connectivity index (χ0v) is 10.4. The molecule has 0 radical (unpaired) electrons. The van der Waals surface area contributed by atoms with E-state index < -0.39 is 0 Å². The third-order valence-corrected chi connectivity index (χ3v) is 2.04. The molecule has 0 saturated carbocycles. The predicted molar refractivity (Wildman–Crippen MR) is 67.7 cm³/mol. The lowest BCUT2D eigenvalue weighted by Crippen LogP contribution is -2.05. The summed E-state index contributed by atoms with van der Waals surface area (Å²) in [6.07, 6.45) is 1.97. The molecule has 0 aromatic heterocycles. The Labute approximate surface area is 102 Å². The van der Waals surface area contributed by atoms with Crippen LogP contribution in [0.5, 0.6) is 5.75 Å². The number of nitriles is 1. The number of hydrogen-bond donors (Lipinski definition) is 0. The first kappa shape index (κ1) is 13.3. The van der Waals surface area contributed by atoms with Crippen LogP contribution in [0.15, 0.2) is 29.8 Å². The smallest absolute Gasteiger partial charge is 0.119 e. The summed E-state index contributed by atoms with van der Waals surface area (Å²) in [5, 5.41) is 8.87. The quantitative estimate of drug-likeness (QED) is 0.731. The number of hydrogen-bond acceptors (Lipinski definition) is 3. The molecular formula is C14H17NO2. The van der Waals surface area contributed by atoms with Gasteiger partial charge in [-0.1, -0.05) is 12.1 Å². The summed E-state index contributed by atoms with van der Waals surface area (Å²) in [5.41, 5.74) is 1.57. The molecule has 1 aromatic carbocycles. The lowest BCUT2D eigenvalue weighted by Gasteiger charge is -2.09. The fourth-order valence-electron chi connectivity index (χ4n) is 1.38. The van der Waals surface area contributed by atoms with Gasteiger partial charge in [-0.05, 0) is 37.6 Å². The topological polar surface area (TPSA) is 42.2 Å². The summed E-state index contributed by atoms with van der Waals surface area (Å²) in [7, 11) is 1.57. The molecule has 0 amide bonds. The molecule has 17 heavy (non-hydrogen) atoms. The first-order valence-corrected chi connectivity index (χ1v) is 5.52. The van der Waals surface area contributed by atoms with Crippen molar-refractivity contribution in [2.24, 2.45) is 0 Å². The molecule has 3 nitrogen and oxygen atoms in total. The maximum Gasteiger partial charge on any atom is 0.119 e. The van der Waals surface area contributed by atoms with Gasteiger partial charge in [0, 0.05) is 7.11 Å². The molecule has 0 heterocycles. The Hall–Kier alpha value is -1.79. The van der Waals surface area contributed by atoms with Gasteiger partial charge in [0.1, 0.15) is 5.75 Å². The Morgan fingerprint density at radius 1 is 1.35 bits per heavy atom. The second kappa shape index (κ2) is 6.72. The summed E-state index contributed by atoms with van der Waals surface area (Å²) in [4.78, 5) is 0. The van der Waals surface area contributed by atoms with Crippen LogP contribution in [0.4, 0.5) is 0 Å². The molecule has 0 aliphatic carbocycles. The van der Waals surface area contributed by atoms with Crippen molar-refractivity contribution in [2.75, 3.05) is 13.7 Å². The number of rotatable bonds is 5. The highest BCUT2D eigenvalue weighted by Gasteiger charge is 1.98. The van der Waals surface area contributed by atoms with E-state index in [2.05, 4.69) is 6.07 Å². The van der Waals surface area contributed by atoms with Crippen LogP contribution < -0.4 is 4.74 Å². The fourth-order valence-corrected chi connectivity index (χ4v) is 1.38. The Kier molecular flexibility index (Phi) is 5.25. The van der Waals surface area contributed by atoms with Crippen molar-refractivity contribution in [3.8, 4) is 11.8 Å². The van der Waals surface area contributed by atoms with Crippen LogP contribution in [0.3, 0.4) is 0 Å². The second-order valence-corrected chi connectivity index (χ2v) is 3.95. The van der Waals surface area contributed by atoms with Crippen LogP contribution in [0, 0.1) is 11.3 Å². The second-order valence-electron chi connectivity index (χ2n) is 3.95. The minimum Gasteiger partial charge on any atom is -0.491 e. The van der Waals surface area contributed by atoms with E-state index in [0.29, 0.717) is 12.2 Å². The average Bonchev–Trinajstić information content (AvgIpc) is 2.30. The van der Waals surface area contributed by atoms with Crippen LogP contribution in [0.25, 0.3) is 6.08 Å². The Morgan fingerprint density at radius 3 is 2.47 bits per heavy atom. The molecule has 3 heteroatoms. The summed E-state index contributed by atoms with van der Waals surface area (Å²) < 4.78 is 10.5. The standard InChI is InChI=1S/C14H17NO2/c1-11(2)17-14-6-4-12(5-7-14)8-13(9-15)10-16-3/h4-8,11H,10H2,1-3H3/b13-8+. The minimum atomic E-state index is 0.166. The van der Waals surface area contributed by atoms with E-state index >= 15 is 0 Å². The third kappa shape index (κ3) is 4.71. The lowest BCUT2D eigenvalue weighted by atomic mass is 10.1. The van der Waals surface area contributed by atoms with Gasteiger partial charge >= 0.3 is 0 Å². The number of ether oxygens (including phenoxy) is 2. The van der Waals surface area contributed by atoms with Gasteiger partial charge < -0.3 is 9.47 Å². The van der Waals surface area contributed by atoms with E-state index in [9.17, 15) is 0 Å².